The summed E-state index contributed by atoms with van der Waals surface area (Å²) in [5.41, 5.74) is 8.54. The molecule has 8 heteroatoms. The fourth-order valence-corrected chi connectivity index (χ4v) is 2.88. The van der Waals surface area contributed by atoms with Gasteiger partial charge in [0.15, 0.2) is 5.82 Å². The summed E-state index contributed by atoms with van der Waals surface area (Å²) in [6, 6.07) is 13.2. The molecule has 0 unspecified atom stereocenters. The van der Waals surface area contributed by atoms with E-state index in [0.29, 0.717) is 22.5 Å². The van der Waals surface area contributed by atoms with Crippen molar-refractivity contribution in [1.82, 2.24) is 14.8 Å². The average molecular weight is 379 g/mol. The molecule has 2 heterocycles. The molecule has 4 rings (SSSR count). The van der Waals surface area contributed by atoms with Crippen molar-refractivity contribution < 1.29 is 13.6 Å². The zero-order valence-corrected chi connectivity index (χ0v) is 14.6. The number of fused-ring (bicyclic) bond motifs is 1. The number of anilines is 2. The molecule has 0 fully saturated rings. The molecule has 2 aromatic carbocycles. The first-order valence-corrected chi connectivity index (χ1v) is 8.42. The monoisotopic (exact) mass is 379 g/mol. The smallest absolute Gasteiger partial charge is 0.255 e. The normalized spacial score (nSPS) is 10.9. The summed E-state index contributed by atoms with van der Waals surface area (Å²) in [7, 11) is 0. The van der Waals surface area contributed by atoms with Gasteiger partial charge < -0.3 is 11.1 Å². The lowest BCUT2D eigenvalue weighted by atomic mass is 10.1. The van der Waals surface area contributed by atoms with Crippen LogP contribution in [0.4, 0.5) is 20.2 Å². The van der Waals surface area contributed by atoms with Crippen molar-refractivity contribution in [3.63, 3.8) is 0 Å². The number of rotatable bonds is 4. The minimum Gasteiger partial charge on any atom is -0.397 e. The number of carbonyl (C=O) groups excluding carboxylic acids is 1. The van der Waals surface area contributed by atoms with Gasteiger partial charge in [-0.25, -0.2) is 9.37 Å². The number of pyridine rings is 1. The first kappa shape index (κ1) is 17.6. The minimum absolute atomic E-state index is 0.222. The van der Waals surface area contributed by atoms with E-state index in [1.165, 1.54) is 6.20 Å². The Morgan fingerprint density at radius 1 is 1.11 bits per heavy atom. The maximum absolute atomic E-state index is 13.4. The molecular weight excluding hydrogens is 364 g/mol. The summed E-state index contributed by atoms with van der Waals surface area (Å²) in [6.45, 7) is 0.222. The van der Waals surface area contributed by atoms with Crippen molar-refractivity contribution in [1.29, 1.82) is 0 Å². The van der Waals surface area contributed by atoms with Crippen LogP contribution in [0.2, 0.25) is 0 Å². The van der Waals surface area contributed by atoms with Gasteiger partial charge in [0.05, 0.1) is 29.6 Å². The van der Waals surface area contributed by atoms with E-state index in [0.717, 1.165) is 17.0 Å². The number of hydrogen-bond donors (Lipinski definition) is 2. The summed E-state index contributed by atoms with van der Waals surface area (Å²) in [6.07, 6.45) is 2.87. The van der Waals surface area contributed by atoms with Crippen LogP contribution in [0.25, 0.3) is 10.9 Å². The van der Waals surface area contributed by atoms with Crippen molar-refractivity contribution in [2.45, 2.75) is 6.54 Å². The molecule has 0 atom stereocenters. The van der Waals surface area contributed by atoms with Crippen LogP contribution in [0.15, 0.2) is 60.9 Å². The van der Waals surface area contributed by atoms with E-state index < -0.39 is 11.8 Å². The molecule has 28 heavy (non-hydrogen) atoms. The lowest BCUT2D eigenvalue weighted by Gasteiger charge is -2.08. The molecule has 0 spiro atoms. The molecule has 0 aliphatic heterocycles. The molecule has 2 aromatic heterocycles. The predicted octanol–water partition coefficient (Wildman–Crippen LogP) is 3.59. The maximum atomic E-state index is 13.4. The second-order valence-electron chi connectivity index (χ2n) is 6.23. The first-order chi connectivity index (χ1) is 13.5. The van der Waals surface area contributed by atoms with E-state index in [-0.39, 0.29) is 12.5 Å². The van der Waals surface area contributed by atoms with Gasteiger partial charge in [-0.3, -0.25) is 9.48 Å². The Morgan fingerprint density at radius 3 is 2.71 bits per heavy atom. The van der Waals surface area contributed by atoms with Crippen molar-refractivity contribution >= 4 is 28.2 Å². The zero-order valence-electron chi connectivity index (χ0n) is 14.6. The van der Waals surface area contributed by atoms with Crippen molar-refractivity contribution in [2.75, 3.05) is 11.1 Å². The van der Waals surface area contributed by atoms with E-state index in [9.17, 15) is 13.6 Å². The van der Waals surface area contributed by atoms with Crippen molar-refractivity contribution in [2.24, 2.45) is 0 Å². The molecule has 4 aromatic rings. The quantitative estimate of drug-likeness (QED) is 0.419. The van der Waals surface area contributed by atoms with E-state index in [2.05, 4.69) is 15.4 Å². The topological polar surface area (TPSA) is 85.8 Å². The average Bonchev–Trinajstić information content (AvgIpc) is 3.08. The number of aromatic nitrogens is 3. The van der Waals surface area contributed by atoms with Gasteiger partial charge in [0.2, 0.25) is 5.95 Å². The van der Waals surface area contributed by atoms with Crippen LogP contribution in [0.5, 0.6) is 0 Å². The second kappa shape index (κ2) is 7.07. The maximum Gasteiger partial charge on any atom is 0.255 e. The standard InChI is InChI=1S/C20H15F2N5O/c21-15-7-12(9-24-19(15)22)11-27-18-6-5-13(8-14(18)10-25-27)20(28)26-17-4-2-1-3-16(17)23/h1-10H,11,23H2,(H,26,28). The Morgan fingerprint density at radius 2 is 1.93 bits per heavy atom. The highest BCUT2D eigenvalue weighted by atomic mass is 19.2. The number of hydrogen-bond acceptors (Lipinski definition) is 4. The third kappa shape index (κ3) is 3.39. The van der Waals surface area contributed by atoms with E-state index >= 15 is 0 Å². The lowest BCUT2D eigenvalue weighted by molar-refractivity contribution is 0.102. The van der Waals surface area contributed by atoms with Gasteiger partial charge in [0.1, 0.15) is 0 Å². The number of benzene rings is 2. The molecule has 0 bridgehead atoms. The number of nitrogens with one attached hydrogen (secondary N) is 1. The Kier molecular flexibility index (Phi) is 4.44. The van der Waals surface area contributed by atoms with Gasteiger partial charge in [-0.1, -0.05) is 12.1 Å². The Labute approximate surface area is 158 Å². The van der Waals surface area contributed by atoms with Gasteiger partial charge in [-0.15, -0.1) is 0 Å². The first-order valence-electron chi connectivity index (χ1n) is 8.42. The number of carbonyl (C=O) groups is 1. The predicted molar refractivity (Wildman–Crippen MR) is 102 cm³/mol. The van der Waals surface area contributed by atoms with Gasteiger partial charge in [-0.05, 0) is 42.0 Å². The van der Waals surface area contributed by atoms with Gasteiger partial charge in [0.25, 0.3) is 5.91 Å². The highest BCUT2D eigenvalue weighted by Gasteiger charge is 2.12. The molecule has 0 aliphatic rings. The molecule has 1 amide bonds. The largest absolute Gasteiger partial charge is 0.397 e. The summed E-state index contributed by atoms with van der Waals surface area (Å²) >= 11 is 0. The van der Waals surface area contributed by atoms with Crippen LogP contribution in [0, 0.1) is 11.8 Å². The van der Waals surface area contributed by atoms with Crippen molar-refractivity contribution in [3.8, 4) is 0 Å². The zero-order chi connectivity index (χ0) is 19.7. The van der Waals surface area contributed by atoms with Crippen LogP contribution in [0.3, 0.4) is 0 Å². The number of nitrogens with zero attached hydrogens (tertiary/aromatic N) is 3. The summed E-state index contributed by atoms with van der Waals surface area (Å²) in [5.74, 6) is -2.44. The van der Waals surface area contributed by atoms with E-state index in [4.69, 9.17) is 5.73 Å². The molecule has 3 N–H and O–H groups in total. The van der Waals surface area contributed by atoms with Gasteiger partial charge in [0, 0.05) is 17.1 Å². The summed E-state index contributed by atoms with van der Waals surface area (Å²) < 4.78 is 28.0. The lowest BCUT2D eigenvalue weighted by Crippen LogP contribution is -2.13. The van der Waals surface area contributed by atoms with Crippen LogP contribution >= 0.6 is 0 Å². The third-order valence-electron chi connectivity index (χ3n) is 4.30. The number of para-hydroxylation sites is 2. The third-order valence-corrected chi connectivity index (χ3v) is 4.30. The number of amides is 1. The van der Waals surface area contributed by atoms with E-state index in [1.807, 2.05) is 0 Å². The van der Waals surface area contributed by atoms with Crippen LogP contribution in [0.1, 0.15) is 15.9 Å². The van der Waals surface area contributed by atoms with Crippen molar-refractivity contribution in [3.05, 3.63) is 83.8 Å². The Balaban J connectivity index is 1.58. The molecule has 0 aliphatic carbocycles. The molecule has 6 nitrogen and oxygen atoms in total. The highest BCUT2D eigenvalue weighted by molar-refractivity contribution is 6.07. The Bertz CT molecular complexity index is 1190. The fourth-order valence-electron chi connectivity index (χ4n) is 2.88. The van der Waals surface area contributed by atoms with Crippen LogP contribution < -0.4 is 11.1 Å². The SMILES string of the molecule is Nc1ccccc1NC(=O)c1ccc2c(cnn2Cc2cnc(F)c(F)c2)c1. The van der Waals surface area contributed by atoms with Gasteiger partial charge in [-0.2, -0.15) is 9.49 Å². The molecule has 0 radical (unpaired) electrons. The molecular formula is C20H15F2N5O. The Hall–Kier alpha value is -3.81. The fraction of sp³-hybridized carbons (Fsp3) is 0.0500. The minimum atomic E-state index is -1.14. The summed E-state index contributed by atoms with van der Waals surface area (Å²) in [4.78, 5) is 15.9. The molecule has 140 valence electrons. The second-order valence-corrected chi connectivity index (χ2v) is 6.23. The van der Waals surface area contributed by atoms with E-state index in [1.54, 1.807) is 53.3 Å². The van der Waals surface area contributed by atoms with Gasteiger partial charge >= 0.3 is 0 Å². The number of nitrogen functional groups attached to an aromatic ring is 1. The highest BCUT2D eigenvalue weighted by Crippen LogP contribution is 2.21. The van der Waals surface area contributed by atoms with Crippen LogP contribution in [-0.2, 0) is 6.54 Å². The number of halogens is 2. The molecule has 0 saturated carbocycles. The number of nitrogens with two attached hydrogens (primary N) is 1. The molecule has 0 saturated heterocycles. The summed E-state index contributed by atoms with van der Waals surface area (Å²) in [5, 5.41) is 7.77. The van der Waals surface area contributed by atoms with Crippen LogP contribution in [-0.4, -0.2) is 20.7 Å².